The molecule has 0 aliphatic rings. The maximum Gasteiger partial charge on any atom is 0.239 e. The van der Waals surface area contributed by atoms with E-state index < -0.39 is 5.54 Å². The number of amides is 1. The van der Waals surface area contributed by atoms with E-state index >= 15 is 0 Å². The van der Waals surface area contributed by atoms with Crippen LogP contribution in [0.2, 0.25) is 0 Å². The van der Waals surface area contributed by atoms with Gasteiger partial charge in [-0.05, 0) is 33.4 Å². The SMILES string of the molecule is CNC(C)(C)C(=O)NCCCn1cccn1. The molecule has 0 aromatic carbocycles. The molecule has 0 aliphatic heterocycles. The van der Waals surface area contributed by atoms with E-state index in [1.807, 2.05) is 30.8 Å². The Hall–Kier alpha value is -1.36. The van der Waals surface area contributed by atoms with Gasteiger partial charge in [0.05, 0.1) is 5.54 Å². The summed E-state index contributed by atoms with van der Waals surface area (Å²) in [4.78, 5) is 11.7. The zero-order valence-corrected chi connectivity index (χ0v) is 10.2. The Kier molecular flexibility index (Phi) is 4.49. The minimum atomic E-state index is -0.508. The number of rotatable bonds is 6. The number of carbonyl (C=O) groups is 1. The fraction of sp³-hybridized carbons (Fsp3) is 0.636. The van der Waals surface area contributed by atoms with Gasteiger partial charge in [-0.25, -0.2) is 0 Å². The highest BCUT2D eigenvalue weighted by Crippen LogP contribution is 2.00. The van der Waals surface area contributed by atoms with Crippen LogP contribution in [-0.4, -0.2) is 34.8 Å². The van der Waals surface area contributed by atoms with Crippen LogP contribution < -0.4 is 10.6 Å². The van der Waals surface area contributed by atoms with Gasteiger partial charge in [0.15, 0.2) is 0 Å². The standard InChI is InChI=1S/C11H20N4O/c1-11(2,12-3)10(16)13-6-4-8-15-9-5-7-14-15/h5,7,9,12H,4,6,8H2,1-3H3,(H,13,16). The number of nitrogens with zero attached hydrogens (tertiary/aromatic N) is 2. The zero-order chi connectivity index (χ0) is 12.0. The van der Waals surface area contributed by atoms with Gasteiger partial charge in [0, 0.05) is 25.5 Å². The Labute approximate surface area is 96.2 Å². The predicted octanol–water partition coefficient (Wildman–Crippen LogP) is 0.387. The van der Waals surface area contributed by atoms with Gasteiger partial charge in [-0.3, -0.25) is 9.48 Å². The van der Waals surface area contributed by atoms with Gasteiger partial charge in [0.25, 0.3) is 0 Å². The fourth-order valence-electron chi connectivity index (χ4n) is 1.21. The fourth-order valence-corrected chi connectivity index (χ4v) is 1.21. The molecule has 0 atom stereocenters. The molecular weight excluding hydrogens is 204 g/mol. The van der Waals surface area contributed by atoms with Crippen LogP contribution >= 0.6 is 0 Å². The Morgan fingerprint density at radius 2 is 2.25 bits per heavy atom. The molecule has 0 spiro atoms. The molecule has 5 heteroatoms. The van der Waals surface area contributed by atoms with E-state index in [1.165, 1.54) is 0 Å². The zero-order valence-electron chi connectivity index (χ0n) is 10.2. The summed E-state index contributed by atoms with van der Waals surface area (Å²) < 4.78 is 1.86. The summed E-state index contributed by atoms with van der Waals surface area (Å²) in [5.41, 5.74) is -0.508. The summed E-state index contributed by atoms with van der Waals surface area (Å²) in [6.07, 6.45) is 4.55. The van der Waals surface area contributed by atoms with Crippen molar-refractivity contribution in [2.24, 2.45) is 0 Å². The number of hydrogen-bond acceptors (Lipinski definition) is 3. The van der Waals surface area contributed by atoms with Gasteiger partial charge < -0.3 is 10.6 Å². The Balaban J connectivity index is 2.18. The number of aromatic nitrogens is 2. The Morgan fingerprint density at radius 1 is 1.50 bits per heavy atom. The molecule has 1 aromatic heterocycles. The Bertz CT molecular complexity index is 319. The molecule has 0 unspecified atom stereocenters. The van der Waals surface area contributed by atoms with Gasteiger partial charge in [-0.2, -0.15) is 5.10 Å². The molecule has 0 fully saturated rings. The number of nitrogens with one attached hydrogen (secondary N) is 2. The first-order valence-electron chi connectivity index (χ1n) is 5.51. The van der Waals surface area contributed by atoms with E-state index in [0.29, 0.717) is 6.54 Å². The second-order valence-electron chi connectivity index (χ2n) is 4.25. The summed E-state index contributed by atoms with van der Waals surface area (Å²) in [7, 11) is 1.78. The second kappa shape index (κ2) is 5.65. The Morgan fingerprint density at radius 3 is 2.81 bits per heavy atom. The molecular formula is C11H20N4O. The van der Waals surface area contributed by atoms with Gasteiger partial charge in [0.2, 0.25) is 5.91 Å². The third-order valence-electron chi connectivity index (χ3n) is 2.60. The van der Waals surface area contributed by atoms with Crippen LogP contribution in [0.1, 0.15) is 20.3 Å². The average Bonchev–Trinajstić information content (AvgIpc) is 2.76. The maximum atomic E-state index is 11.7. The van der Waals surface area contributed by atoms with Gasteiger partial charge >= 0.3 is 0 Å². The van der Waals surface area contributed by atoms with E-state index in [2.05, 4.69) is 15.7 Å². The lowest BCUT2D eigenvalue weighted by molar-refractivity contribution is -0.126. The molecule has 5 nitrogen and oxygen atoms in total. The quantitative estimate of drug-likeness (QED) is 0.687. The van der Waals surface area contributed by atoms with Gasteiger partial charge in [-0.1, -0.05) is 0 Å². The molecule has 0 bridgehead atoms. The van der Waals surface area contributed by atoms with E-state index in [0.717, 1.165) is 13.0 Å². The summed E-state index contributed by atoms with van der Waals surface area (Å²) in [6, 6.07) is 1.89. The number of carbonyl (C=O) groups excluding carboxylic acids is 1. The van der Waals surface area contributed by atoms with E-state index in [-0.39, 0.29) is 5.91 Å². The molecule has 0 aliphatic carbocycles. The molecule has 1 amide bonds. The minimum Gasteiger partial charge on any atom is -0.354 e. The van der Waals surface area contributed by atoms with Crippen molar-refractivity contribution in [1.82, 2.24) is 20.4 Å². The van der Waals surface area contributed by atoms with Crippen molar-refractivity contribution >= 4 is 5.91 Å². The first kappa shape index (κ1) is 12.7. The lowest BCUT2D eigenvalue weighted by Crippen LogP contribution is -2.51. The largest absolute Gasteiger partial charge is 0.354 e. The molecule has 1 rings (SSSR count). The number of hydrogen-bond donors (Lipinski definition) is 2. The second-order valence-corrected chi connectivity index (χ2v) is 4.25. The maximum absolute atomic E-state index is 11.7. The highest BCUT2D eigenvalue weighted by atomic mass is 16.2. The van der Waals surface area contributed by atoms with E-state index in [9.17, 15) is 4.79 Å². The average molecular weight is 224 g/mol. The van der Waals surface area contributed by atoms with Gasteiger partial charge in [-0.15, -0.1) is 0 Å². The van der Waals surface area contributed by atoms with Crippen LogP contribution in [0.5, 0.6) is 0 Å². The van der Waals surface area contributed by atoms with Crippen molar-refractivity contribution in [3.63, 3.8) is 0 Å². The first-order valence-corrected chi connectivity index (χ1v) is 5.51. The summed E-state index contributed by atoms with van der Waals surface area (Å²) >= 11 is 0. The van der Waals surface area contributed by atoms with Gasteiger partial charge in [0.1, 0.15) is 0 Å². The molecule has 1 heterocycles. The summed E-state index contributed by atoms with van der Waals surface area (Å²) in [5, 5.41) is 9.95. The minimum absolute atomic E-state index is 0.0236. The van der Waals surface area contributed by atoms with Crippen LogP contribution in [0.15, 0.2) is 18.5 Å². The lowest BCUT2D eigenvalue weighted by atomic mass is 10.1. The molecule has 90 valence electrons. The van der Waals surface area contributed by atoms with Crippen LogP contribution in [0.4, 0.5) is 0 Å². The smallest absolute Gasteiger partial charge is 0.239 e. The van der Waals surface area contributed by atoms with Crippen LogP contribution in [0.3, 0.4) is 0 Å². The normalized spacial score (nSPS) is 11.4. The van der Waals surface area contributed by atoms with E-state index in [1.54, 1.807) is 13.2 Å². The predicted molar refractivity (Wildman–Crippen MR) is 63.0 cm³/mol. The van der Waals surface area contributed by atoms with Crippen molar-refractivity contribution in [3.05, 3.63) is 18.5 Å². The molecule has 16 heavy (non-hydrogen) atoms. The van der Waals surface area contributed by atoms with Crippen molar-refractivity contribution in [3.8, 4) is 0 Å². The van der Waals surface area contributed by atoms with Crippen LogP contribution in [0, 0.1) is 0 Å². The van der Waals surface area contributed by atoms with Crippen molar-refractivity contribution in [1.29, 1.82) is 0 Å². The molecule has 0 radical (unpaired) electrons. The van der Waals surface area contributed by atoms with Crippen molar-refractivity contribution in [2.45, 2.75) is 32.4 Å². The molecule has 0 saturated carbocycles. The molecule has 2 N–H and O–H groups in total. The van der Waals surface area contributed by atoms with Crippen molar-refractivity contribution < 1.29 is 4.79 Å². The third-order valence-corrected chi connectivity index (χ3v) is 2.60. The first-order chi connectivity index (χ1) is 7.56. The topological polar surface area (TPSA) is 59.0 Å². The van der Waals surface area contributed by atoms with Crippen LogP contribution in [-0.2, 0) is 11.3 Å². The molecule has 1 aromatic rings. The lowest BCUT2D eigenvalue weighted by Gasteiger charge is -2.22. The van der Waals surface area contributed by atoms with Crippen LogP contribution in [0.25, 0.3) is 0 Å². The number of aryl methyl sites for hydroxylation is 1. The highest BCUT2D eigenvalue weighted by molar-refractivity contribution is 5.85. The summed E-state index contributed by atoms with van der Waals surface area (Å²) in [5.74, 6) is 0.0236. The summed E-state index contributed by atoms with van der Waals surface area (Å²) in [6.45, 7) is 5.21. The third kappa shape index (κ3) is 3.66. The monoisotopic (exact) mass is 224 g/mol. The molecule has 0 saturated heterocycles. The number of likely N-dealkylation sites (N-methyl/N-ethyl adjacent to an activating group) is 1. The highest BCUT2D eigenvalue weighted by Gasteiger charge is 2.24. The van der Waals surface area contributed by atoms with Crippen molar-refractivity contribution in [2.75, 3.05) is 13.6 Å². The van der Waals surface area contributed by atoms with E-state index in [4.69, 9.17) is 0 Å².